The number of nitrogens with zero attached hydrogens (tertiary/aromatic N) is 1. The number of carbonyl (C=O) groups is 1. The molecule has 0 radical (unpaired) electrons. The first-order valence-electron chi connectivity index (χ1n) is 7.45. The van der Waals surface area contributed by atoms with Gasteiger partial charge in [0.15, 0.2) is 5.76 Å². The maximum atomic E-state index is 12.2. The van der Waals surface area contributed by atoms with Crippen molar-refractivity contribution in [1.82, 2.24) is 10.5 Å². The molecule has 23 heavy (non-hydrogen) atoms. The molecule has 0 aliphatic rings. The lowest BCUT2D eigenvalue weighted by Gasteiger charge is -2.13. The van der Waals surface area contributed by atoms with E-state index in [1.807, 2.05) is 38.1 Å². The van der Waals surface area contributed by atoms with Gasteiger partial charge in [0.2, 0.25) is 0 Å². The molecule has 3 rings (SSSR count). The average molecular weight is 313 g/mol. The second-order valence-electron chi connectivity index (χ2n) is 5.61. The Morgan fingerprint density at radius 2 is 1.96 bits per heavy atom. The summed E-state index contributed by atoms with van der Waals surface area (Å²) >= 11 is 0. The number of fused-ring (bicyclic) bond motifs is 1. The van der Waals surface area contributed by atoms with Crippen molar-refractivity contribution >= 4 is 22.7 Å². The van der Waals surface area contributed by atoms with Gasteiger partial charge in [-0.15, -0.1) is 0 Å². The molecule has 0 saturated carbocycles. The molecule has 1 unspecified atom stereocenters. The quantitative estimate of drug-likeness (QED) is 0.758. The van der Waals surface area contributed by atoms with Crippen LogP contribution in [0.15, 0.2) is 33.2 Å². The Morgan fingerprint density at radius 3 is 2.61 bits per heavy atom. The molecule has 0 aliphatic heterocycles. The molecule has 2 aromatic heterocycles. The molecule has 2 heterocycles. The van der Waals surface area contributed by atoms with E-state index >= 15 is 0 Å². The van der Waals surface area contributed by atoms with Crippen LogP contribution in [0.2, 0.25) is 0 Å². The van der Waals surface area contributed by atoms with Crippen molar-refractivity contribution in [3.8, 4) is 0 Å². The van der Waals surface area contributed by atoms with Gasteiger partial charge in [-0.25, -0.2) is 4.79 Å². The first-order chi connectivity index (χ1) is 11.0. The van der Waals surface area contributed by atoms with Crippen LogP contribution >= 0.6 is 0 Å². The van der Waals surface area contributed by atoms with Gasteiger partial charge in [-0.2, -0.15) is 0 Å². The number of para-hydroxylation sites is 1. The highest BCUT2D eigenvalue weighted by atomic mass is 16.5. The van der Waals surface area contributed by atoms with Crippen LogP contribution in [0.4, 0.5) is 10.5 Å². The smallest absolute Gasteiger partial charge is 0.319 e. The first kappa shape index (κ1) is 15.1. The first-order valence-corrected chi connectivity index (χ1v) is 7.45. The van der Waals surface area contributed by atoms with E-state index in [0.29, 0.717) is 17.1 Å². The van der Waals surface area contributed by atoms with Gasteiger partial charge in [0, 0.05) is 10.9 Å². The van der Waals surface area contributed by atoms with E-state index in [1.165, 1.54) is 0 Å². The lowest BCUT2D eigenvalue weighted by atomic mass is 10.1. The number of aromatic nitrogens is 1. The predicted octanol–water partition coefficient (Wildman–Crippen LogP) is 4.23. The van der Waals surface area contributed by atoms with Gasteiger partial charge in [0.1, 0.15) is 22.7 Å². The minimum Gasteiger partial charge on any atom is -0.459 e. The third kappa shape index (κ3) is 2.79. The van der Waals surface area contributed by atoms with Crippen molar-refractivity contribution in [1.29, 1.82) is 0 Å². The summed E-state index contributed by atoms with van der Waals surface area (Å²) in [6, 6.07) is 7.24. The monoisotopic (exact) mass is 313 g/mol. The number of carbonyl (C=O) groups excluding carboxylic acids is 1. The van der Waals surface area contributed by atoms with Crippen LogP contribution in [-0.4, -0.2) is 11.2 Å². The van der Waals surface area contributed by atoms with Crippen molar-refractivity contribution < 1.29 is 13.7 Å². The van der Waals surface area contributed by atoms with Gasteiger partial charge in [-0.05, 0) is 33.8 Å². The highest BCUT2D eigenvalue weighted by Crippen LogP contribution is 2.29. The van der Waals surface area contributed by atoms with E-state index in [9.17, 15) is 4.79 Å². The number of nitrogens with one attached hydrogen (secondary N) is 2. The van der Waals surface area contributed by atoms with Crippen LogP contribution in [0, 0.1) is 20.8 Å². The number of amides is 2. The summed E-state index contributed by atoms with van der Waals surface area (Å²) < 4.78 is 10.9. The minimum absolute atomic E-state index is 0.261. The molecule has 0 bridgehead atoms. The van der Waals surface area contributed by atoms with Crippen LogP contribution in [-0.2, 0) is 0 Å². The van der Waals surface area contributed by atoms with Gasteiger partial charge in [-0.1, -0.05) is 23.4 Å². The molecule has 0 spiro atoms. The number of furan rings is 1. The number of benzene rings is 1. The zero-order valence-electron chi connectivity index (χ0n) is 13.6. The Kier molecular flexibility index (Phi) is 3.82. The standard InChI is InChI=1S/C17H19N3O3/c1-9-13-7-5-6-8-14(13)22-16(9)11(3)18-17(21)19-15-10(2)20-23-12(15)4/h5-8,11H,1-4H3,(H2,18,19,21). The van der Waals surface area contributed by atoms with E-state index in [-0.39, 0.29) is 12.1 Å². The summed E-state index contributed by atoms with van der Waals surface area (Å²) in [7, 11) is 0. The molecule has 120 valence electrons. The van der Waals surface area contributed by atoms with Gasteiger partial charge < -0.3 is 19.6 Å². The van der Waals surface area contributed by atoms with E-state index in [2.05, 4.69) is 15.8 Å². The molecule has 2 N–H and O–H groups in total. The average Bonchev–Trinajstić information content (AvgIpc) is 3.02. The normalized spacial score (nSPS) is 12.3. The van der Waals surface area contributed by atoms with Crippen LogP contribution in [0.25, 0.3) is 11.0 Å². The third-order valence-corrected chi connectivity index (χ3v) is 3.89. The van der Waals surface area contributed by atoms with Crippen molar-refractivity contribution in [2.75, 3.05) is 5.32 Å². The van der Waals surface area contributed by atoms with Gasteiger partial charge in [0.25, 0.3) is 0 Å². The van der Waals surface area contributed by atoms with E-state index in [0.717, 1.165) is 22.3 Å². The SMILES string of the molecule is Cc1noc(C)c1NC(=O)NC(C)c1oc2ccccc2c1C. The number of aryl methyl sites for hydroxylation is 3. The largest absolute Gasteiger partial charge is 0.459 e. The lowest BCUT2D eigenvalue weighted by molar-refractivity contribution is 0.247. The number of rotatable bonds is 3. The summed E-state index contributed by atoms with van der Waals surface area (Å²) in [4.78, 5) is 12.2. The van der Waals surface area contributed by atoms with Gasteiger partial charge in [0.05, 0.1) is 6.04 Å². The van der Waals surface area contributed by atoms with Crippen molar-refractivity contribution in [3.63, 3.8) is 0 Å². The van der Waals surface area contributed by atoms with Crippen LogP contribution in [0.5, 0.6) is 0 Å². The predicted molar refractivity (Wildman–Crippen MR) is 87.5 cm³/mol. The summed E-state index contributed by atoms with van der Waals surface area (Å²) in [5.74, 6) is 1.32. The second kappa shape index (κ2) is 5.79. The number of urea groups is 1. The Labute approximate surface area is 133 Å². The molecule has 6 heteroatoms. The summed E-state index contributed by atoms with van der Waals surface area (Å²) in [6.45, 7) is 7.41. The number of anilines is 1. The summed E-state index contributed by atoms with van der Waals surface area (Å²) in [5, 5.41) is 10.5. The molecule has 0 saturated heterocycles. The third-order valence-electron chi connectivity index (χ3n) is 3.89. The maximum absolute atomic E-state index is 12.2. The Balaban J connectivity index is 1.76. The molecule has 2 amide bonds. The number of hydrogen-bond acceptors (Lipinski definition) is 4. The minimum atomic E-state index is -0.327. The maximum Gasteiger partial charge on any atom is 0.319 e. The van der Waals surface area contributed by atoms with E-state index in [4.69, 9.17) is 8.94 Å². The molecular weight excluding hydrogens is 294 g/mol. The van der Waals surface area contributed by atoms with Crippen molar-refractivity contribution in [3.05, 3.63) is 47.0 Å². The molecular formula is C17H19N3O3. The second-order valence-corrected chi connectivity index (χ2v) is 5.61. The molecule has 1 aromatic carbocycles. The Bertz CT molecular complexity index is 844. The summed E-state index contributed by atoms with van der Waals surface area (Å²) in [6.07, 6.45) is 0. The fourth-order valence-electron chi connectivity index (χ4n) is 2.68. The van der Waals surface area contributed by atoms with Crippen LogP contribution < -0.4 is 10.6 Å². The number of hydrogen-bond donors (Lipinski definition) is 2. The van der Waals surface area contributed by atoms with Crippen molar-refractivity contribution in [2.45, 2.75) is 33.7 Å². The highest BCUT2D eigenvalue weighted by Gasteiger charge is 2.19. The molecule has 6 nitrogen and oxygen atoms in total. The Hall–Kier alpha value is -2.76. The zero-order valence-corrected chi connectivity index (χ0v) is 13.6. The zero-order chi connectivity index (χ0) is 16.6. The Morgan fingerprint density at radius 1 is 1.22 bits per heavy atom. The van der Waals surface area contributed by atoms with E-state index < -0.39 is 0 Å². The van der Waals surface area contributed by atoms with Crippen LogP contribution in [0.1, 0.15) is 35.7 Å². The molecule has 3 aromatic rings. The van der Waals surface area contributed by atoms with E-state index in [1.54, 1.807) is 13.8 Å². The van der Waals surface area contributed by atoms with Crippen LogP contribution in [0.3, 0.4) is 0 Å². The fourth-order valence-corrected chi connectivity index (χ4v) is 2.68. The summed E-state index contributed by atoms with van der Waals surface area (Å²) in [5.41, 5.74) is 3.09. The molecule has 0 fully saturated rings. The van der Waals surface area contributed by atoms with Gasteiger partial charge >= 0.3 is 6.03 Å². The molecule has 0 aliphatic carbocycles. The fraction of sp³-hybridized carbons (Fsp3) is 0.294. The van der Waals surface area contributed by atoms with Gasteiger partial charge in [-0.3, -0.25) is 0 Å². The topological polar surface area (TPSA) is 80.3 Å². The molecule has 1 atom stereocenters. The highest BCUT2D eigenvalue weighted by molar-refractivity contribution is 5.90. The van der Waals surface area contributed by atoms with Crippen molar-refractivity contribution in [2.24, 2.45) is 0 Å². The lowest BCUT2D eigenvalue weighted by Crippen LogP contribution is -2.31.